The van der Waals surface area contributed by atoms with Gasteiger partial charge < -0.3 is 9.32 Å². The zero-order valence-electron chi connectivity index (χ0n) is 16.2. The number of non-ortho nitro benzene ring substituents is 1. The molecule has 0 spiro atoms. The third kappa shape index (κ3) is 4.26. The van der Waals surface area contributed by atoms with E-state index in [1.807, 2.05) is 6.92 Å². The van der Waals surface area contributed by atoms with Gasteiger partial charge in [0, 0.05) is 49.0 Å². The normalized spacial score (nSPS) is 15.9. The molecule has 2 aromatic carbocycles. The second-order valence-electron chi connectivity index (χ2n) is 7.04. The number of hydrogen-bond donors (Lipinski definition) is 0. The Bertz CT molecular complexity index is 1050. The maximum atomic E-state index is 10.8. The molecule has 0 N–H and O–H groups in total. The standard InChI is InChI=1S/C20H19Cl2N5O3/c1-13(19-23-24-20(30-19)17-7-2-14(21)12-18(17)22)25-8-10-26(11-9-25)15-3-5-16(6-4-15)27(28)29/h2-7,12-13H,8-11H2,1H3/t13-/m1/s1. The number of nitro groups is 1. The summed E-state index contributed by atoms with van der Waals surface area (Å²) >= 11 is 12.2. The summed E-state index contributed by atoms with van der Waals surface area (Å²) in [6.07, 6.45) is 0. The van der Waals surface area contributed by atoms with Crippen LogP contribution in [0.4, 0.5) is 11.4 Å². The molecule has 156 valence electrons. The zero-order chi connectivity index (χ0) is 21.3. The van der Waals surface area contributed by atoms with Gasteiger partial charge in [0.1, 0.15) is 0 Å². The summed E-state index contributed by atoms with van der Waals surface area (Å²) in [5, 5.41) is 20.2. The van der Waals surface area contributed by atoms with Crippen molar-refractivity contribution in [2.24, 2.45) is 0 Å². The van der Waals surface area contributed by atoms with Crippen LogP contribution in [0, 0.1) is 10.1 Å². The van der Waals surface area contributed by atoms with Crippen molar-refractivity contribution in [2.45, 2.75) is 13.0 Å². The number of nitro benzene ring substituents is 1. The molecule has 1 atom stereocenters. The second-order valence-corrected chi connectivity index (χ2v) is 7.89. The molecule has 1 saturated heterocycles. The van der Waals surface area contributed by atoms with E-state index < -0.39 is 0 Å². The maximum absolute atomic E-state index is 10.8. The van der Waals surface area contributed by atoms with Gasteiger partial charge in [-0.3, -0.25) is 15.0 Å². The lowest BCUT2D eigenvalue weighted by Crippen LogP contribution is -2.47. The van der Waals surface area contributed by atoms with Gasteiger partial charge in [0.2, 0.25) is 11.8 Å². The number of piperazine rings is 1. The van der Waals surface area contributed by atoms with Gasteiger partial charge in [-0.1, -0.05) is 23.2 Å². The second kappa shape index (κ2) is 8.59. The van der Waals surface area contributed by atoms with E-state index in [2.05, 4.69) is 20.0 Å². The van der Waals surface area contributed by atoms with E-state index >= 15 is 0 Å². The smallest absolute Gasteiger partial charge is 0.269 e. The number of hydrogen-bond acceptors (Lipinski definition) is 7. The molecule has 2 heterocycles. The van der Waals surface area contributed by atoms with Crippen LogP contribution in [0.25, 0.3) is 11.5 Å². The van der Waals surface area contributed by atoms with Crippen LogP contribution in [-0.4, -0.2) is 46.2 Å². The van der Waals surface area contributed by atoms with Crippen LogP contribution in [0.3, 0.4) is 0 Å². The molecule has 1 aliphatic heterocycles. The summed E-state index contributed by atoms with van der Waals surface area (Å²) in [4.78, 5) is 14.9. The zero-order valence-corrected chi connectivity index (χ0v) is 17.7. The molecule has 30 heavy (non-hydrogen) atoms. The number of nitrogens with zero attached hydrogens (tertiary/aromatic N) is 5. The highest BCUT2D eigenvalue weighted by Crippen LogP contribution is 2.31. The fourth-order valence-corrected chi connectivity index (χ4v) is 3.97. The van der Waals surface area contributed by atoms with E-state index in [-0.39, 0.29) is 16.7 Å². The molecule has 0 unspecified atom stereocenters. The highest BCUT2D eigenvalue weighted by molar-refractivity contribution is 6.36. The van der Waals surface area contributed by atoms with Crippen molar-refractivity contribution in [3.05, 3.63) is 68.5 Å². The molecule has 4 rings (SSSR count). The first-order valence-electron chi connectivity index (χ1n) is 9.44. The number of halogens is 2. The molecule has 3 aromatic rings. The van der Waals surface area contributed by atoms with Gasteiger partial charge in [-0.2, -0.15) is 0 Å². The highest BCUT2D eigenvalue weighted by Gasteiger charge is 2.26. The third-order valence-corrected chi connectivity index (χ3v) is 5.80. The van der Waals surface area contributed by atoms with E-state index in [0.717, 1.165) is 31.9 Å². The van der Waals surface area contributed by atoms with Gasteiger partial charge >= 0.3 is 0 Å². The first-order chi connectivity index (χ1) is 14.4. The summed E-state index contributed by atoms with van der Waals surface area (Å²) in [5.41, 5.74) is 1.72. The lowest BCUT2D eigenvalue weighted by atomic mass is 10.2. The Morgan fingerprint density at radius 2 is 1.77 bits per heavy atom. The van der Waals surface area contributed by atoms with Crippen LogP contribution in [0.5, 0.6) is 0 Å². The van der Waals surface area contributed by atoms with Crippen molar-refractivity contribution in [3.8, 4) is 11.5 Å². The van der Waals surface area contributed by atoms with Crippen molar-refractivity contribution in [3.63, 3.8) is 0 Å². The maximum Gasteiger partial charge on any atom is 0.269 e. The monoisotopic (exact) mass is 447 g/mol. The predicted molar refractivity (Wildman–Crippen MR) is 115 cm³/mol. The Morgan fingerprint density at radius 3 is 2.40 bits per heavy atom. The van der Waals surface area contributed by atoms with Crippen LogP contribution in [0.1, 0.15) is 18.9 Å². The molecule has 0 amide bonds. The molecule has 0 radical (unpaired) electrons. The summed E-state index contributed by atoms with van der Waals surface area (Å²) in [7, 11) is 0. The Labute approximate surface area is 183 Å². The lowest BCUT2D eigenvalue weighted by Gasteiger charge is -2.38. The van der Waals surface area contributed by atoms with Crippen molar-refractivity contribution >= 4 is 34.6 Å². The van der Waals surface area contributed by atoms with Crippen LogP contribution < -0.4 is 4.90 Å². The van der Waals surface area contributed by atoms with Crippen molar-refractivity contribution in [1.29, 1.82) is 0 Å². The molecule has 1 aliphatic rings. The molecule has 8 nitrogen and oxygen atoms in total. The molecule has 0 saturated carbocycles. The van der Waals surface area contributed by atoms with Gasteiger partial charge in [0.25, 0.3) is 5.69 Å². The molecule has 0 aliphatic carbocycles. The summed E-state index contributed by atoms with van der Waals surface area (Å²) in [6.45, 7) is 5.23. The Hall–Kier alpha value is -2.68. The third-order valence-electron chi connectivity index (χ3n) is 5.25. The molecule has 10 heteroatoms. The van der Waals surface area contributed by atoms with E-state index in [4.69, 9.17) is 27.6 Å². The fraction of sp³-hybridized carbons (Fsp3) is 0.300. The predicted octanol–water partition coefficient (Wildman–Crippen LogP) is 4.83. The van der Waals surface area contributed by atoms with Gasteiger partial charge in [-0.05, 0) is 37.3 Å². The molecule has 1 fully saturated rings. The Morgan fingerprint density at radius 1 is 1.07 bits per heavy atom. The minimum Gasteiger partial charge on any atom is -0.419 e. The van der Waals surface area contributed by atoms with E-state index in [0.29, 0.717) is 27.4 Å². The van der Waals surface area contributed by atoms with E-state index in [1.165, 1.54) is 12.1 Å². The first-order valence-corrected chi connectivity index (χ1v) is 10.2. The average Bonchev–Trinajstić information content (AvgIpc) is 3.23. The van der Waals surface area contributed by atoms with Gasteiger partial charge in [0.15, 0.2) is 0 Å². The highest BCUT2D eigenvalue weighted by atomic mass is 35.5. The molecule has 0 bridgehead atoms. The fourth-order valence-electron chi connectivity index (χ4n) is 3.48. The van der Waals surface area contributed by atoms with Crippen molar-refractivity contribution in [2.75, 3.05) is 31.1 Å². The Balaban J connectivity index is 1.40. The molecular formula is C20H19Cl2N5O3. The number of benzene rings is 2. The number of aromatic nitrogens is 2. The van der Waals surface area contributed by atoms with Gasteiger partial charge in [-0.25, -0.2) is 0 Å². The minimum atomic E-state index is -0.390. The first kappa shape index (κ1) is 20.6. The van der Waals surface area contributed by atoms with Crippen LogP contribution in [0.2, 0.25) is 10.0 Å². The van der Waals surface area contributed by atoms with Gasteiger partial charge in [0.05, 0.1) is 21.6 Å². The summed E-state index contributed by atoms with van der Waals surface area (Å²) in [6, 6.07) is 11.7. The quantitative estimate of drug-likeness (QED) is 0.408. The summed E-state index contributed by atoms with van der Waals surface area (Å²) < 4.78 is 5.88. The Kier molecular flexibility index (Phi) is 5.90. The molecule has 1 aromatic heterocycles. The number of anilines is 1. The van der Waals surface area contributed by atoms with Crippen LogP contribution in [0.15, 0.2) is 46.9 Å². The lowest BCUT2D eigenvalue weighted by molar-refractivity contribution is -0.384. The topological polar surface area (TPSA) is 88.5 Å². The van der Waals surface area contributed by atoms with Crippen LogP contribution in [-0.2, 0) is 0 Å². The van der Waals surface area contributed by atoms with Crippen molar-refractivity contribution < 1.29 is 9.34 Å². The van der Waals surface area contributed by atoms with Gasteiger partial charge in [-0.15, -0.1) is 10.2 Å². The summed E-state index contributed by atoms with van der Waals surface area (Å²) in [5.74, 6) is 0.892. The van der Waals surface area contributed by atoms with E-state index in [1.54, 1.807) is 30.3 Å². The van der Waals surface area contributed by atoms with E-state index in [9.17, 15) is 10.1 Å². The van der Waals surface area contributed by atoms with Crippen LogP contribution >= 0.6 is 23.2 Å². The van der Waals surface area contributed by atoms with Crippen molar-refractivity contribution in [1.82, 2.24) is 15.1 Å². The minimum absolute atomic E-state index is 0.0451. The molecular weight excluding hydrogens is 429 g/mol. The number of rotatable bonds is 5. The average molecular weight is 448 g/mol. The largest absolute Gasteiger partial charge is 0.419 e. The SMILES string of the molecule is C[C@H](c1nnc(-c2ccc(Cl)cc2Cl)o1)N1CCN(c2ccc([N+](=O)[O-])cc2)CC1.